The van der Waals surface area contributed by atoms with Gasteiger partial charge in [0.05, 0.1) is 11.9 Å². The van der Waals surface area contributed by atoms with E-state index in [9.17, 15) is 9.18 Å². The highest BCUT2D eigenvalue weighted by atomic mass is 19.1. The van der Waals surface area contributed by atoms with Gasteiger partial charge in [-0.25, -0.2) is 14.1 Å². The second kappa shape index (κ2) is 4.56. The first-order valence-electron chi connectivity index (χ1n) is 7.42. The monoisotopic (exact) mass is 301 g/mol. The predicted molar refractivity (Wildman–Crippen MR) is 78.4 cm³/mol. The number of para-hydroxylation sites is 1. The lowest BCUT2D eigenvalue weighted by atomic mass is 9.88. The molecule has 0 atom stereocenters. The number of nitrogens with zero attached hydrogens (tertiary/aromatic N) is 3. The zero-order valence-electron chi connectivity index (χ0n) is 12.3. The van der Waals surface area contributed by atoms with Crippen LogP contribution in [0.5, 0.6) is 0 Å². The van der Waals surface area contributed by atoms with E-state index in [0.29, 0.717) is 11.5 Å². The van der Waals surface area contributed by atoms with Crippen LogP contribution >= 0.6 is 0 Å². The van der Waals surface area contributed by atoms with Crippen LogP contribution in [0.4, 0.5) is 20.7 Å². The first-order valence-corrected chi connectivity index (χ1v) is 7.42. The standard InChI is InChI=1S/C16H16FN3O2/c1-19-13(7-10-18-19)20-14-11(5-4-6-12(14)17)16(22-15(20)21)8-2-3-9-16/h4-7,10H,2-3,8-9H2,1H3. The number of rotatable bonds is 1. The van der Waals surface area contributed by atoms with Crippen molar-refractivity contribution in [1.82, 2.24) is 9.78 Å². The van der Waals surface area contributed by atoms with Crippen LogP contribution in [0.25, 0.3) is 0 Å². The van der Waals surface area contributed by atoms with Crippen LogP contribution in [0, 0.1) is 5.82 Å². The molecule has 1 aliphatic carbocycles. The largest absolute Gasteiger partial charge is 0.437 e. The van der Waals surface area contributed by atoms with E-state index in [1.165, 1.54) is 15.6 Å². The molecule has 114 valence electrons. The molecule has 0 saturated heterocycles. The molecule has 4 rings (SSSR count). The van der Waals surface area contributed by atoms with Crippen LogP contribution in [0.15, 0.2) is 30.5 Å². The van der Waals surface area contributed by atoms with Crippen LogP contribution in [-0.2, 0) is 17.4 Å². The quantitative estimate of drug-likeness (QED) is 0.808. The third-order valence-corrected chi connectivity index (χ3v) is 4.60. The molecular formula is C16H16FN3O2. The molecule has 1 aromatic heterocycles. The number of hydrogen-bond acceptors (Lipinski definition) is 3. The summed E-state index contributed by atoms with van der Waals surface area (Å²) in [6, 6.07) is 6.59. The van der Waals surface area contributed by atoms with Crippen LogP contribution < -0.4 is 4.90 Å². The van der Waals surface area contributed by atoms with E-state index < -0.39 is 17.5 Å². The number of benzene rings is 1. The molecule has 1 amide bonds. The van der Waals surface area contributed by atoms with Gasteiger partial charge in [0, 0.05) is 18.7 Å². The number of aromatic nitrogens is 2. The lowest BCUT2D eigenvalue weighted by Crippen LogP contribution is -2.43. The number of hydrogen-bond donors (Lipinski definition) is 0. The summed E-state index contributed by atoms with van der Waals surface area (Å²) < 4.78 is 21.9. The third kappa shape index (κ3) is 1.70. The van der Waals surface area contributed by atoms with Gasteiger partial charge in [0.15, 0.2) is 0 Å². The molecule has 0 bridgehead atoms. The van der Waals surface area contributed by atoms with Crippen LogP contribution in [0.1, 0.15) is 31.2 Å². The van der Waals surface area contributed by atoms with E-state index in [1.54, 1.807) is 25.4 Å². The zero-order valence-corrected chi connectivity index (χ0v) is 12.3. The number of amides is 1. The SMILES string of the molecule is Cn1nccc1N1C(=O)OC2(CCCC2)c2cccc(F)c21. The molecule has 2 aromatic rings. The summed E-state index contributed by atoms with van der Waals surface area (Å²) in [6.07, 6.45) is 4.48. The van der Waals surface area contributed by atoms with Crippen molar-refractivity contribution in [3.8, 4) is 0 Å². The Balaban J connectivity index is 1.96. The molecule has 1 fully saturated rings. The topological polar surface area (TPSA) is 47.4 Å². The summed E-state index contributed by atoms with van der Waals surface area (Å²) in [4.78, 5) is 13.9. The highest BCUT2D eigenvalue weighted by Crippen LogP contribution is 2.51. The maximum atomic E-state index is 14.6. The fourth-order valence-electron chi connectivity index (χ4n) is 3.58. The lowest BCUT2D eigenvalue weighted by Gasteiger charge is -2.40. The maximum Gasteiger partial charge on any atom is 0.421 e. The second-order valence-electron chi connectivity index (χ2n) is 5.85. The molecule has 22 heavy (non-hydrogen) atoms. The first-order chi connectivity index (χ1) is 10.6. The number of carbonyl (C=O) groups excluding carboxylic acids is 1. The Bertz CT molecular complexity index is 750. The van der Waals surface area contributed by atoms with Crippen LogP contribution in [0.2, 0.25) is 0 Å². The highest BCUT2D eigenvalue weighted by molar-refractivity contribution is 5.98. The van der Waals surface area contributed by atoms with E-state index in [4.69, 9.17) is 4.74 Å². The molecule has 1 aromatic carbocycles. The maximum absolute atomic E-state index is 14.6. The predicted octanol–water partition coefficient (Wildman–Crippen LogP) is 3.62. The molecule has 1 spiro atoms. The van der Waals surface area contributed by atoms with E-state index >= 15 is 0 Å². The summed E-state index contributed by atoms with van der Waals surface area (Å²) in [5, 5.41) is 4.06. The molecule has 1 saturated carbocycles. The van der Waals surface area contributed by atoms with Crippen LogP contribution in [0.3, 0.4) is 0 Å². The van der Waals surface area contributed by atoms with Crippen molar-refractivity contribution in [3.05, 3.63) is 41.8 Å². The average molecular weight is 301 g/mol. The summed E-state index contributed by atoms with van der Waals surface area (Å²) >= 11 is 0. The van der Waals surface area contributed by atoms with Crippen molar-refractivity contribution in [1.29, 1.82) is 0 Å². The molecule has 2 heterocycles. The molecule has 2 aliphatic rings. The lowest BCUT2D eigenvalue weighted by molar-refractivity contribution is 0.0121. The third-order valence-electron chi connectivity index (χ3n) is 4.60. The summed E-state index contributed by atoms with van der Waals surface area (Å²) in [5.74, 6) is 0.0748. The molecule has 0 radical (unpaired) electrons. The summed E-state index contributed by atoms with van der Waals surface area (Å²) in [6.45, 7) is 0. The van der Waals surface area contributed by atoms with Gasteiger partial charge in [-0.3, -0.25) is 4.68 Å². The van der Waals surface area contributed by atoms with E-state index in [1.807, 2.05) is 6.07 Å². The van der Waals surface area contributed by atoms with Crippen molar-refractivity contribution in [3.63, 3.8) is 0 Å². The molecular weight excluding hydrogens is 285 g/mol. The normalized spacial score (nSPS) is 19.4. The highest BCUT2D eigenvalue weighted by Gasteiger charge is 2.48. The molecule has 5 nitrogen and oxygen atoms in total. The fraction of sp³-hybridized carbons (Fsp3) is 0.375. The van der Waals surface area contributed by atoms with Gasteiger partial charge in [0.25, 0.3) is 0 Å². The number of fused-ring (bicyclic) bond motifs is 2. The Kier molecular flexibility index (Phi) is 2.76. The van der Waals surface area contributed by atoms with Crippen molar-refractivity contribution in [2.75, 3.05) is 4.90 Å². The number of aryl methyl sites for hydroxylation is 1. The average Bonchev–Trinajstić information content (AvgIpc) is 3.11. The van der Waals surface area contributed by atoms with Crippen LogP contribution in [-0.4, -0.2) is 15.9 Å². The number of ether oxygens (including phenoxy) is 1. The molecule has 6 heteroatoms. The van der Waals surface area contributed by atoms with Crippen molar-refractivity contribution < 1.29 is 13.9 Å². The molecule has 0 N–H and O–H groups in total. The zero-order chi connectivity index (χ0) is 15.3. The second-order valence-corrected chi connectivity index (χ2v) is 5.85. The van der Waals surface area contributed by atoms with Gasteiger partial charge in [-0.1, -0.05) is 12.1 Å². The van der Waals surface area contributed by atoms with Gasteiger partial charge in [-0.05, 0) is 31.7 Å². The number of halogens is 1. The van der Waals surface area contributed by atoms with E-state index in [2.05, 4.69) is 5.10 Å². The number of anilines is 2. The minimum Gasteiger partial charge on any atom is -0.437 e. The Hall–Kier alpha value is -2.37. The minimum absolute atomic E-state index is 0.296. The smallest absolute Gasteiger partial charge is 0.421 e. The molecule has 0 unspecified atom stereocenters. The van der Waals surface area contributed by atoms with E-state index in [0.717, 1.165) is 31.2 Å². The van der Waals surface area contributed by atoms with Crippen molar-refractivity contribution in [2.45, 2.75) is 31.3 Å². The fourth-order valence-corrected chi connectivity index (χ4v) is 3.58. The Morgan fingerprint density at radius 2 is 2.05 bits per heavy atom. The number of carbonyl (C=O) groups is 1. The summed E-state index contributed by atoms with van der Waals surface area (Å²) in [5.41, 5.74) is 0.374. The minimum atomic E-state index is -0.677. The van der Waals surface area contributed by atoms with E-state index in [-0.39, 0.29) is 0 Å². The van der Waals surface area contributed by atoms with Gasteiger partial charge in [-0.2, -0.15) is 5.10 Å². The van der Waals surface area contributed by atoms with Gasteiger partial charge in [-0.15, -0.1) is 0 Å². The summed E-state index contributed by atoms with van der Waals surface area (Å²) in [7, 11) is 1.71. The van der Waals surface area contributed by atoms with Crippen molar-refractivity contribution >= 4 is 17.6 Å². The van der Waals surface area contributed by atoms with Crippen molar-refractivity contribution in [2.24, 2.45) is 7.05 Å². The van der Waals surface area contributed by atoms with Gasteiger partial charge < -0.3 is 4.74 Å². The first kappa shape index (κ1) is 13.3. The van der Waals surface area contributed by atoms with Gasteiger partial charge >= 0.3 is 6.09 Å². The Morgan fingerprint density at radius 3 is 2.73 bits per heavy atom. The van der Waals surface area contributed by atoms with Gasteiger partial charge in [0.1, 0.15) is 17.2 Å². The Morgan fingerprint density at radius 1 is 1.27 bits per heavy atom. The Labute approximate surface area is 127 Å². The molecule has 1 aliphatic heterocycles. The van der Waals surface area contributed by atoms with Gasteiger partial charge in [0.2, 0.25) is 0 Å².